The van der Waals surface area contributed by atoms with Crippen molar-refractivity contribution in [2.24, 2.45) is 0 Å². The molecule has 11 heteroatoms. The number of fused-ring (bicyclic) bond motifs is 1. The Morgan fingerprint density at radius 3 is 2.76 bits per heavy atom. The highest BCUT2D eigenvalue weighted by Gasteiger charge is 2.33. The SMILES string of the molecule is O=C1/C(=C\c2c(NCCOCCO)nc3ccccn3c2=O)SC(=S)N1Cc1ccccc1Cl. The lowest BCUT2D eigenvalue weighted by atomic mass is 10.2. The summed E-state index contributed by atoms with van der Waals surface area (Å²) < 4.78 is 7.08. The van der Waals surface area contributed by atoms with E-state index in [-0.39, 0.29) is 36.8 Å². The Morgan fingerprint density at radius 2 is 1.97 bits per heavy atom. The molecule has 1 saturated heterocycles. The first kappa shape index (κ1) is 24.4. The van der Waals surface area contributed by atoms with Gasteiger partial charge >= 0.3 is 0 Å². The number of aliphatic hydroxyl groups excluding tert-OH is 1. The van der Waals surface area contributed by atoms with E-state index in [1.54, 1.807) is 30.5 Å². The zero-order valence-electron chi connectivity index (χ0n) is 17.9. The molecule has 0 saturated carbocycles. The number of amides is 1. The highest BCUT2D eigenvalue weighted by molar-refractivity contribution is 8.26. The number of thioether (sulfide) groups is 1. The summed E-state index contributed by atoms with van der Waals surface area (Å²) in [6, 6.07) is 12.5. The van der Waals surface area contributed by atoms with Crippen molar-refractivity contribution in [1.29, 1.82) is 0 Å². The van der Waals surface area contributed by atoms with Crippen LogP contribution in [0, 0.1) is 0 Å². The molecule has 0 bridgehead atoms. The van der Waals surface area contributed by atoms with Crippen LogP contribution >= 0.6 is 35.6 Å². The number of halogens is 1. The average Bonchev–Trinajstić information content (AvgIpc) is 3.10. The molecular weight excluding hydrogens is 496 g/mol. The minimum Gasteiger partial charge on any atom is -0.394 e. The minimum absolute atomic E-state index is 0.0726. The van der Waals surface area contributed by atoms with Gasteiger partial charge in [0.1, 0.15) is 15.8 Å². The summed E-state index contributed by atoms with van der Waals surface area (Å²) in [5.74, 6) is 0.0323. The number of carbonyl (C=O) groups excluding carboxylic acids is 1. The molecule has 0 spiro atoms. The number of nitrogens with zero attached hydrogens (tertiary/aromatic N) is 3. The summed E-state index contributed by atoms with van der Waals surface area (Å²) in [7, 11) is 0. The van der Waals surface area contributed by atoms with E-state index in [4.69, 9.17) is 33.7 Å². The van der Waals surface area contributed by atoms with Crippen LogP contribution in [-0.2, 0) is 16.1 Å². The topological polar surface area (TPSA) is 96.2 Å². The van der Waals surface area contributed by atoms with E-state index >= 15 is 0 Å². The standard InChI is InChI=1S/C23H21ClN4O4S2/c24-17-6-2-1-5-15(17)14-28-22(31)18(34-23(28)33)13-16-20(25-8-11-32-12-10-29)26-19-7-3-4-9-27(19)21(16)30/h1-7,9,13,25,29H,8,10-12,14H2/b18-13+. The number of thiocarbonyl (C=S) groups is 1. The lowest BCUT2D eigenvalue weighted by Gasteiger charge is -2.15. The molecule has 0 radical (unpaired) electrons. The first-order valence-electron chi connectivity index (χ1n) is 10.4. The monoisotopic (exact) mass is 516 g/mol. The van der Waals surface area contributed by atoms with Gasteiger partial charge in [0.2, 0.25) is 0 Å². The third-order valence-corrected chi connectivity index (χ3v) is 6.73. The molecule has 2 aromatic heterocycles. The smallest absolute Gasteiger partial charge is 0.267 e. The van der Waals surface area contributed by atoms with Gasteiger partial charge in [-0.25, -0.2) is 4.98 Å². The van der Waals surface area contributed by atoms with E-state index in [9.17, 15) is 9.59 Å². The van der Waals surface area contributed by atoms with Crippen LogP contribution in [0.4, 0.5) is 5.82 Å². The van der Waals surface area contributed by atoms with Crippen molar-refractivity contribution in [3.8, 4) is 0 Å². The van der Waals surface area contributed by atoms with E-state index in [1.165, 1.54) is 15.4 Å². The number of ether oxygens (including phenoxy) is 1. The third-order valence-electron chi connectivity index (χ3n) is 4.98. The van der Waals surface area contributed by atoms with Crippen molar-refractivity contribution in [2.75, 3.05) is 31.7 Å². The first-order valence-corrected chi connectivity index (χ1v) is 12.0. The number of benzene rings is 1. The molecule has 34 heavy (non-hydrogen) atoms. The quantitative estimate of drug-likeness (QED) is 0.254. The fourth-order valence-electron chi connectivity index (χ4n) is 3.34. The van der Waals surface area contributed by atoms with Crippen molar-refractivity contribution in [3.63, 3.8) is 0 Å². The third kappa shape index (κ3) is 5.31. The summed E-state index contributed by atoms with van der Waals surface area (Å²) in [6.45, 7) is 1.07. The second-order valence-electron chi connectivity index (χ2n) is 7.23. The predicted octanol–water partition coefficient (Wildman–Crippen LogP) is 3.17. The lowest BCUT2D eigenvalue weighted by Crippen LogP contribution is -2.27. The van der Waals surface area contributed by atoms with Gasteiger partial charge in [0, 0.05) is 17.8 Å². The Bertz CT molecular complexity index is 1330. The lowest BCUT2D eigenvalue weighted by molar-refractivity contribution is -0.122. The molecule has 3 heterocycles. The number of pyridine rings is 1. The Hall–Kier alpha value is -2.76. The molecular formula is C23H21ClN4O4S2. The van der Waals surface area contributed by atoms with Crippen LogP contribution in [0.3, 0.4) is 0 Å². The summed E-state index contributed by atoms with van der Waals surface area (Å²) in [6.07, 6.45) is 3.15. The van der Waals surface area contributed by atoms with Gasteiger partial charge in [-0.2, -0.15) is 0 Å². The molecule has 1 fully saturated rings. The molecule has 1 amide bonds. The van der Waals surface area contributed by atoms with E-state index in [0.29, 0.717) is 38.9 Å². The van der Waals surface area contributed by atoms with Gasteiger partial charge in [-0.1, -0.05) is 59.8 Å². The minimum atomic E-state index is -0.319. The average molecular weight is 517 g/mol. The molecule has 1 aromatic carbocycles. The molecule has 1 aliphatic rings. The van der Waals surface area contributed by atoms with Crippen molar-refractivity contribution in [1.82, 2.24) is 14.3 Å². The van der Waals surface area contributed by atoms with Crippen molar-refractivity contribution in [2.45, 2.75) is 6.54 Å². The largest absolute Gasteiger partial charge is 0.394 e. The summed E-state index contributed by atoms with van der Waals surface area (Å²) >= 11 is 12.8. The molecule has 0 aliphatic carbocycles. The van der Waals surface area contributed by atoms with Gasteiger partial charge in [0.25, 0.3) is 11.5 Å². The highest BCUT2D eigenvalue weighted by Crippen LogP contribution is 2.34. The number of nitrogens with one attached hydrogen (secondary N) is 1. The summed E-state index contributed by atoms with van der Waals surface area (Å²) in [5, 5.41) is 12.5. The Morgan fingerprint density at radius 1 is 1.18 bits per heavy atom. The predicted molar refractivity (Wildman–Crippen MR) is 138 cm³/mol. The maximum atomic E-state index is 13.3. The van der Waals surface area contributed by atoms with Gasteiger partial charge in [-0.15, -0.1) is 0 Å². The normalized spacial score (nSPS) is 15.0. The van der Waals surface area contributed by atoms with Crippen LogP contribution in [0.5, 0.6) is 0 Å². The van der Waals surface area contributed by atoms with Crippen LogP contribution in [0.25, 0.3) is 11.7 Å². The zero-order valence-corrected chi connectivity index (χ0v) is 20.3. The molecule has 2 N–H and O–H groups in total. The number of aromatic nitrogens is 2. The fourth-order valence-corrected chi connectivity index (χ4v) is 4.77. The van der Waals surface area contributed by atoms with Gasteiger partial charge in [0.05, 0.1) is 36.8 Å². The van der Waals surface area contributed by atoms with E-state index < -0.39 is 0 Å². The number of hydrogen-bond acceptors (Lipinski definition) is 8. The number of rotatable bonds is 9. The molecule has 3 aromatic rings. The summed E-state index contributed by atoms with van der Waals surface area (Å²) in [5.41, 5.74) is 1.17. The first-order chi connectivity index (χ1) is 16.5. The molecule has 4 rings (SSSR count). The van der Waals surface area contributed by atoms with Crippen molar-refractivity contribution in [3.05, 3.63) is 80.1 Å². The van der Waals surface area contributed by atoms with Gasteiger partial charge in [0.15, 0.2) is 0 Å². The second kappa shape index (κ2) is 11.1. The molecule has 176 valence electrons. The number of aliphatic hydroxyl groups is 1. The number of anilines is 1. The van der Waals surface area contributed by atoms with Crippen molar-refractivity contribution < 1.29 is 14.6 Å². The van der Waals surface area contributed by atoms with Crippen LogP contribution in [0.2, 0.25) is 5.02 Å². The highest BCUT2D eigenvalue weighted by atomic mass is 35.5. The maximum Gasteiger partial charge on any atom is 0.267 e. The van der Waals surface area contributed by atoms with E-state index in [0.717, 1.165) is 17.3 Å². The molecule has 0 unspecified atom stereocenters. The van der Waals surface area contributed by atoms with Gasteiger partial charge in [-0.3, -0.25) is 18.9 Å². The van der Waals surface area contributed by atoms with Crippen LogP contribution < -0.4 is 10.9 Å². The van der Waals surface area contributed by atoms with E-state index in [1.807, 2.05) is 18.2 Å². The van der Waals surface area contributed by atoms with Crippen molar-refractivity contribution >= 4 is 63.3 Å². The molecule has 0 atom stereocenters. The van der Waals surface area contributed by atoms with Crippen LogP contribution in [0.15, 0.2) is 58.4 Å². The Kier molecular flexibility index (Phi) is 7.96. The zero-order chi connectivity index (χ0) is 24.1. The fraction of sp³-hybridized carbons (Fsp3) is 0.217. The number of carbonyl (C=O) groups is 1. The van der Waals surface area contributed by atoms with Crippen LogP contribution in [0.1, 0.15) is 11.1 Å². The van der Waals surface area contributed by atoms with Gasteiger partial charge < -0.3 is 15.2 Å². The Balaban J connectivity index is 1.66. The van der Waals surface area contributed by atoms with Crippen LogP contribution in [-0.4, -0.2) is 56.0 Å². The van der Waals surface area contributed by atoms with E-state index in [2.05, 4.69) is 10.3 Å². The Labute approximate surface area is 210 Å². The maximum absolute atomic E-state index is 13.3. The second-order valence-corrected chi connectivity index (χ2v) is 9.31. The molecule has 1 aliphatic heterocycles. The molecule has 8 nitrogen and oxygen atoms in total. The van der Waals surface area contributed by atoms with Gasteiger partial charge in [-0.05, 0) is 29.8 Å². The number of hydrogen-bond donors (Lipinski definition) is 2. The summed E-state index contributed by atoms with van der Waals surface area (Å²) in [4.78, 5) is 32.8.